The van der Waals surface area contributed by atoms with Gasteiger partial charge in [-0.1, -0.05) is 0 Å². The van der Waals surface area contributed by atoms with Crippen LogP contribution in [-0.2, 0) is 4.79 Å². The van der Waals surface area contributed by atoms with Crippen molar-refractivity contribution in [2.75, 3.05) is 6.54 Å². The van der Waals surface area contributed by atoms with Gasteiger partial charge in [0, 0.05) is 12.6 Å². The van der Waals surface area contributed by atoms with Crippen molar-refractivity contribution in [1.29, 1.82) is 0 Å². The zero-order valence-corrected chi connectivity index (χ0v) is 9.83. The van der Waals surface area contributed by atoms with Crippen molar-refractivity contribution >= 4 is 11.9 Å². The summed E-state index contributed by atoms with van der Waals surface area (Å²) in [6.45, 7) is 3.87. The summed E-state index contributed by atoms with van der Waals surface area (Å²) >= 11 is 0. The average Bonchev–Trinajstić information content (AvgIpc) is 2.29. The molecule has 0 aromatic carbocycles. The Morgan fingerprint density at radius 1 is 1.41 bits per heavy atom. The number of carbonyl (C=O) groups excluding carboxylic acids is 1. The second-order valence-corrected chi connectivity index (χ2v) is 3.87. The van der Waals surface area contributed by atoms with Crippen LogP contribution in [0.25, 0.3) is 0 Å². The highest BCUT2D eigenvalue weighted by Crippen LogP contribution is 2.07. The topological polar surface area (TPSA) is 83.4 Å². The van der Waals surface area contributed by atoms with Crippen molar-refractivity contribution < 1.29 is 14.7 Å². The zero-order chi connectivity index (χ0) is 12.8. The van der Waals surface area contributed by atoms with Crippen LogP contribution in [-0.4, -0.2) is 44.7 Å². The number of aromatic nitrogens is 2. The van der Waals surface area contributed by atoms with E-state index in [1.807, 2.05) is 13.8 Å². The van der Waals surface area contributed by atoms with Crippen LogP contribution in [0, 0.1) is 0 Å². The summed E-state index contributed by atoms with van der Waals surface area (Å²) in [5, 5.41) is 15.9. The highest BCUT2D eigenvalue weighted by Gasteiger charge is 2.19. The second kappa shape index (κ2) is 5.93. The smallest absolute Gasteiger partial charge is 0.305 e. The van der Waals surface area contributed by atoms with Crippen LogP contribution in [0.5, 0.6) is 0 Å². The minimum Gasteiger partial charge on any atom is -0.481 e. The Balaban J connectivity index is 2.77. The van der Waals surface area contributed by atoms with Crippen molar-refractivity contribution in [3.63, 3.8) is 0 Å². The van der Waals surface area contributed by atoms with Gasteiger partial charge in [0.05, 0.1) is 24.4 Å². The van der Waals surface area contributed by atoms with Gasteiger partial charge in [-0.05, 0) is 19.9 Å². The van der Waals surface area contributed by atoms with Crippen molar-refractivity contribution in [3.8, 4) is 0 Å². The zero-order valence-electron chi connectivity index (χ0n) is 9.83. The minimum atomic E-state index is -0.920. The molecule has 0 aliphatic carbocycles. The van der Waals surface area contributed by atoms with E-state index in [0.29, 0.717) is 5.56 Å². The fourth-order valence-corrected chi connectivity index (χ4v) is 1.39. The lowest BCUT2D eigenvalue weighted by Gasteiger charge is -2.26. The molecule has 0 fully saturated rings. The van der Waals surface area contributed by atoms with E-state index in [1.54, 1.807) is 6.07 Å². The number of hydrogen-bond acceptors (Lipinski definition) is 4. The molecule has 1 rings (SSSR count). The van der Waals surface area contributed by atoms with Gasteiger partial charge in [-0.2, -0.15) is 10.2 Å². The second-order valence-electron chi connectivity index (χ2n) is 3.87. The van der Waals surface area contributed by atoms with Crippen molar-refractivity contribution in [3.05, 3.63) is 24.0 Å². The van der Waals surface area contributed by atoms with E-state index < -0.39 is 5.97 Å². The fourth-order valence-electron chi connectivity index (χ4n) is 1.39. The van der Waals surface area contributed by atoms with Gasteiger partial charge in [0.15, 0.2) is 0 Å². The van der Waals surface area contributed by atoms with Crippen LogP contribution in [0.15, 0.2) is 18.5 Å². The molecule has 0 bridgehead atoms. The third kappa shape index (κ3) is 3.82. The number of amides is 1. The van der Waals surface area contributed by atoms with Gasteiger partial charge in [-0.25, -0.2) is 0 Å². The molecule has 0 spiro atoms. The minimum absolute atomic E-state index is 0.0602. The molecule has 17 heavy (non-hydrogen) atoms. The fraction of sp³-hybridized carbons (Fsp3) is 0.455. The molecule has 1 aromatic heterocycles. The number of carboxylic acid groups (broad SMARTS) is 1. The Morgan fingerprint density at radius 3 is 2.59 bits per heavy atom. The van der Waals surface area contributed by atoms with Crippen LogP contribution in [0.4, 0.5) is 0 Å². The van der Waals surface area contributed by atoms with E-state index in [9.17, 15) is 9.59 Å². The van der Waals surface area contributed by atoms with Crippen LogP contribution < -0.4 is 0 Å². The molecular formula is C11H15N3O3. The maximum absolute atomic E-state index is 12.1. The number of carbonyl (C=O) groups is 2. The van der Waals surface area contributed by atoms with Gasteiger partial charge in [-0.15, -0.1) is 0 Å². The summed E-state index contributed by atoms with van der Waals surface area (Å²) in [6, 6.07) is 1.50. The maximum Gasteiger partial charge on any atom is 0.305 e. The predicted octanol–water partition coefficient (Wildman–Crippen LogP) is 0.802. The summed E-state index contributed by atoms with van der Waals surface area (Å²) in [7, 11) is 0. The van der Waals surface area contributed by atoms with Gasteiger partial charge in [0.2, 0.25) is 0 Å². The molecule has 6 nitrogen and oxygen atoms in total. The van der Waals surface area contributed by atoms with Gasteiger partial charge in [-0.3, -0.25) is 9.59 Å². The summed E-state index contributed by atoms with van der Waals surface area (Å²) < 4.78 is 0. The van der Waals surface area contributed by atoms with Gasteiger partial charge < -0.3 is 10.0 Å². The molecule has 0 saturated carbocycles. The van der Waals surface area contributed by atoms with Crippen molar-refractivity contribution in [1.82, 2.24) is 15.1 Å². The first-order valence-corrected chi connectivity index (χ1v) is 5.32. The summed E-state index contributed by atoms with van der Waals surface area (Å²) in [4.78, 5) is 24.1. The number of nitrogens with zero attached hydrogens (tertiary/aromatic N) is 3. The summed E-state index contributed by atoms with van der Waals surface area (Å²) in [5.41, 5.74) is 0.416. The molecule has 0 aliphatic heterocycles. The molecule has 0 atom stereocenters. The van der Waals surface area contributed by atoms with Crippen molar-refractivity contribution in [2.45, 2.75) is 26.3 Å². The molecule has 0 saturated heterocycles. The third-order valence-corrected chi connectivity index (χ3v) is 2.28. The Labute approximate surface area is 99.3 Å². The molecule has 1 aromatic rings. The van der Waals surface area contributed by atoms with Crippen LogP contribution in [0.2, 0.25) is 0 Å². The molecule has 92 valence electrons. The number of carboxylic acids is 1. The quantitative estimate of drug-likeness (QED) is 0.819. The lowest BCUT2D eigenvalue weighted by Crippen LogP contribution is -2.38. The Morgan fingerprint density at radius 2 is 2.12 bits per heavy atom. The number of aliphatic carboxylic acids is 1. The Hall–Kier alpha value is -1.98. The van der Waals surface area contributed by atoms with Gasteiger partial charge >= 0.3 is 5.97 Å². The van der Waals surface area contributed by atoms with E-state index in [2.05, 4.69) is 10.2 Å². The first-order valence-electron chi connectivity index (χ1n) is 5.32. The van der Waals surface area contributed by atoms with Crippen molar-refractivity contribution in [2.24, 2.45) is 0 Å². The molecule has 6 heteroatoms. The van der Waals surface area contributed by atoms with Gasteiger partial charge in [0.25, 0.3) is 5.91 Å². The maximum atomic E-state index is 12.1. The molecule has 0 unspecified atom stereocenters. The standard InChI is InChI=1S/C11H15N3O3/c1-8(2)14(6-4-10(15)16)11(17)9-3-5-12-13-7-9/h3,5,7-8H,4,6H2,1-2H3,(H,15,16). The van der Waals surface area contributed by atoms with Gasteiger partial charge in [0.1, 0.15) is 0 Å². The SMILES string of the molecule is CC(C)N(CCC(=O)O)C(=O)c1ccnnc1. The first-order chi connectivity index (χ1) is 8.02. The average molecular weight is 237 g/mol. The first kappa shape index (κ1) is 13.1. The lowest BCUT2D eigenvalue weighted by molar-refractivity contribution is -0.137. The lowest BCUT2D eigenvalue weighted by atomic mass is 10.2. The molecule has 1 amide bonds. The third-order valence-electron chi connectivity index (χ3n) is 2.28. The molecular weight excluding hydrogens is 222 g/mol. The monoisotopic (exact) mass is 237 g/mol. The van der Waals surface area contributed by atoms with E-state index in [0.717, 1.165) is 0 Å². The van der Waals surface area contributed by atoms with Crippen LogP contribution >= 0.6 is 0 Å². The Kier molecular flexibility index (Phi) is 4.56. The van der Waals surface area contributed by atoms with E-state index in [1.165, 1.54) is 17.3 Å². The highest BCUT2D eigenvalue weighted by molar-refractivity contribution is 5.94. The molecule has 0 radical (unpaired) electrons. The normalized spacial score (nSPS) is 10.3. The molecule has 1 N–H and O–H groups in total. The van der Waals surface area contributed by atoms with Crippen LogP contribution in [0.3, 0.4) is 0 Å². The Bertz CT molecular complexity index is 392. The number of hydrogen-bond donors (Lipinski definition) is 1. The molecule has 1 heterocycles. The molecule has 0 aliphatic rings. The van der Waals surface area contributed by atoms with E-state index in [-0.39, 0.29) is 24.9 Å². The van der Waals surface area contributed by atoms with Crippen LogP contribution in [0.1, 0.15) is 30.6 Å². The largest absolute Gasteiger partial charge is 0.481 e. The highest BCUT2D eigenvalue weighted by atomic mass is 16.4. The van der Waals surface area contributed by atoms with E-state index >= 15 is 0 Å². The number of rotatable bonds is 5. The predicted molar refractivity (Wildman–Crippen MR) is 60.5 cm³/mol. The summed E-state index contributed by atoms with van der Waals surface area (Å²) in [5.74, 6) is -1.15. The van der Waals surface area contributed by atoms with E-state index in [4.69, 9.17) is 5.11 Å². The summed E-state index contributed by atoms with van der Waals surface area (Å²) in [6.07, 6.45) is 2.74.